The van der Waals surface area contributed by atoms with Crippen molar-refractivity contribution in [3.05, 3.63) is 0 Å². The molecule has 109 valence electrons. The van der Waals surface area contributed by atoms with E-state index in [-0.39, 0.29) is 30.6 Å². The van der Waals surface area contributed by atoms with E-state index in [0.29, 0.717) is 0 Å². The Balaban J connectivity index is 2.45. The molecule has 4 nitrogen and oxygen atoms in total. The minimum Gasteiger partial charge on any atom is -0.442 e. The molecule has 3 N–H and O–H groups in total. The second kappa shape index (κ2) is 6.17. The number of nitrogens with one attached hydrogen (secondary N) is 1. The van der Waals surface area contributed by atoms with Gasteiger partial charge in [0.25, 0.3) is 0 Å². The lowest BCUT2D eigenvalue weighted by molar-refractivity contribution is -0.0323. The number of rotatable bonds is 6. The molecule has 0 bridgehead atoms. The summed E-state index contributed by atoms with van der Waals surface area (Å²) in [5.74, 6) is 0.204. The van der Waals surface area contributed by atoms with Gasteiger partial charge in [-0.05, 0) is 34.1 Å². The van der Waals surface area contributed by atoms with Gasteiger partial charge in [0.2, 0.25) is 0 Å². The second-order valence-electron chi connectivity index (χ2n) is 6.78. The molecule has 1 radical (unpaired) electrons. The van der Waals surface area contributed by atoms with Crippen molar-refractivity contribution in [1.82, 2.24) is 5.23 Å². The van der Waals surface area contributed by atoms with Gasteiger partial charge in [-0.25, -0.2) is 0 Å². The largest absolute Gasteiger partial charge is 0.442 e. The summed E-state index contributed by atoms with van der Waals surface area (Å²) in [7, 11) is 1.74. The Morgan fingerprint density at radius 1 is 1.53 bits per heavy atom. The summed E-state index contributed by atoms with van der Waals surface area (Å²) in [6.07, 6.45) is 1.11. The Bertz CT molecular complexity index is 294. The Hall–Kier alpha value is -0.0301. The zero-order valence-corrected chi connectivity index (χ0v) is 13.4. The molecular formula is C13H29B2NO3+. The summed E-state index contributed by atoms with van der Waals surface area (Å²) in [6.45, 7) is 14.2. The van der Waals surface area contributed by atoms with Gasteiger partial charge in [0.05, 0.1) is 12.0 Å². The van der Waals surface area contributed by atoms with Crippen LogP contribution in [0.5, 0.6) is 0 Å². The predicted molar refractivity (Wildman–Crippen MR) is 81.3 cm³/mol. The molecule has 0 saturated carbocycles. The van der Waals surface area contributed by atoms with Crippen molar-refractivity contribution in [2.45, 2.75) is 78.2 Å². The SMILES string of the molecule is CCC([C@H](C)O[B]B1NC(C)(C)[C@H](C)O1)C(C)(C)[OH2+]. The second-order valence-corrected chi connectivity index (χ2v) is 6.78. The zero-order valence-electron chi connectivity index (χ0n) is 13.4. The molecule has 3 atom stereocenters. The standard InChI is InChI=1S/C13H28B2NO3/c1-8-11(13(6,7)17)9(2)18-14-15-16-12(4,5)10(3)19-15/h9-11,16-17H,8H2,1-7H3/p+1/t9-,10-,11?/m0/s1. The third-order valence-electron chi connectivity index (χ3n) is 4.23. The molecule has 0 aromatic rings. The van der Waals surface area contributed by atoms with Crippen LogP contribution in [0.3, 0.4) is 0 Å². The smallest absolute Gasteiger partial charge is 0.366 e. The molecule has 0 aliphatic carbocycles. The van der Waals surface area contributed by atoms with Crippen LogP contribution in [0.4, 0.5) is 0 Å². The van der Waals surface area contributed by atoms with Crippen LogP contribution < -0.4 is 5.23 Å². The van der Waals surface area contributed by atoms with E-state index in [9.17, 15) is 0 Å². The maximum Gasteiger partial charge on any atom is 0.366 e. The highest BCUT2D eigenvalue weighted by atomic mass is 16.5. The monoisotopic (exact) mass is 269 g/mol. The highest BCUT2D eigenvalue weighted by molar-refractivity contribution is 7.05. The van der Waals surface area contributed by atoms with Crippen LogP contribution in [0.25, 0.3) is 0 Å². The Morgan fingerprint density at radius 3 is 2.47 bits per heavy atom. The summed E-state index contributed by atoms with van der Waals surface area (Å²) >= 11 is 0. The topological polar surface area (TPSA) is 53.4 Å². The molecular weight excluding hydrogens is 240 g/mol. The van der Waals surface area contributed by atoms with E-state index in [1.807, 2.05) is 20.8 Å². The third-order valence-corrected chi connectivity index (χ3v) is 4.23. The van der Waals surface area contributed by atoms with Crippen LogP contribution in [0, 0.1) is 5.92 Å². The highest BCUT2D eigenvalue weighted by Crippen LogP contribution is 2.26. The molecule has 1 heterocycles. The average molecular weight is 269 g/mol. The van der Waals surface area contributed by atoms with Gasteiger partial charge in [0, 0.05) is 25.5 Å². The van der Waals surface area contributed by atoms with Crippen LogP contribution >= 0.6 is 0 Å². The molecule has 0 aromatic heterocycles. The van der Waals surface area contributed by atoms with Crippen molar-refractivity contribution in [3.8, 4) is 0 Å². The Labute approximate surface area is 119 Å². The molecule has 19 heavy (non-hydrogen) atoms. The van der Waals surface area contributed by atoms with Crippen molar-refractivity contribution < 1.29 is 14.4 Å². The van der Waals surface area contributed by atoms with Gasteiger partial charge in [0.1, 0.15) is 0 Å². The molecule has 1 unspecified atom stereocenters. The van der Waals surface area contributed by atoms with E-state index in [0.717, 1.165) is 6.42 Å². The van der Waals surface area contributed by atoms with Crippen LogP contribution in [0.2, 0.25) is 0 Å². The van der Waals surface area contributed by atoms with E-state index in [1.54, 1.807) is 7.37 Å². The van der Waals surface area contributed by atoms with Gasteiger partial charge in [-0.1, -0.05) is 6.92 Å². The Morgan fingerprint density at radius 2 is 2.11 bits per heavy atom. The van der Waals surface area contributed by atoms with Gasteiger partial charge in [-0.2, -0.15) is 0 Å². The van der Waals surface area contributed by atoms with Crippen LogP contribution in [-0.4, -0.2) is 42.8 Å². The first-order chi connectivity index (χ1) is 8.58. The maximum absolute atomic E-state index is 8.16. The quantitative estimate of drug-likeness (QED) is 0.584. The van der Waals surface area contributed by atoms with Gasteiger partial charge in [-0.15, -0.1) is 0 Å². The molecule has 0 amide bonds. The minimum absolute atomic E-state index is 0.0157. The molecule has 1 saturated heterocycles. The first kappa shape index (κ1) is 17.0. The lowest BCUT2D eigenvalue weighted by atomic mass is 9.51. The molecule has 1 aliphatic rings. The highest BCUT2D eigenvalue weighted by Gasteiger charge is 2.42. The van der Waals surface area contributed by atoms with Crippen LogP contribution in [0.1, 0.15) is 54.9 Å². The summed E-state index contributed by atoms with van der Waals surface area (Å²) in [5.41, 5.74) is -0.523. The average Bonchev–Trinajstić information content (AvgIpc) is 2.49. The van der Waals surface area contributed by atoms with Crippen molar-refractivity contribution in [2.75, 3.05) is 0 Å². The van der Waals surface area contributed by atoms with E-state index in [2.05, 4.69) is 32.9 Å². The van der Waals surface area contributed by atoms with Gasteiger partial charge < -0.3 is 19.6 Å². The van der Waals surface area contributed by atoms with Gasteiger partial charge in [-0.3, -0.25) is 0 Å². The summed E-state index contributed by atoms with van der Waals surface area (Å²) < 4.78 is 11.6. The summed E-state index contributed by atoms with van der Waals surface area (Å²) in [5, 5.41) is 11.5. The van der Waals surface area contributed by atoms with Crippen molar-refractivity contribution in [2.24, 2.45) is 5.92 Å². The minimum atomic E-state index is -0.488. The lowest BCUT2D eigenvalue weighted by Gasteiger charge is -2.30. The van der Waals surface area contributed by atoms with Crippen molar-refractivity contribution in [3.63, 3.8) is 0 Å². The number of hydrogen-bond donors (Lipinski definition) is 1. The Kier molecular flexibility index (Phi) is 5.52. The van der Waals surface area contributed by atoms with Crippen LogP contribution in [-0.2, 0) is 9.31 Å². The van der Waals surface area contributed by atoms with Gasteiger partial charge >= 0.3 is 14.3 Å². The lowest BCUT2D eigenvalue weighted by Crippen LogP contribution is -2.48. The van der Waals surface area contributed by atoms with E-state index in [1.165, 1.54) is 0 Å². The molecule has 1 aliphatic heterocycles. The third kappa shape index (κ3) is 4.48. The zero-order chi connectivity index (χ0) is 14.8. The fourth-order valence-corrected chi connectivity index (χ4v) is 2.69. The normalized spacial score (nSPS) is 26.3. The predicted octanol–water partition coefficient (Wildman–Crippen LogP) is 1.31. The van der Waals surface area contributed by atoms with Crippen molar-refractivity contribution in [1.29, 1.82) is 0 Å². The summed E-state index contributed by atoms with van der Waals surface area (Å²) in [6, 6.07) is 0. The van der Waals surface area contributed by atoms with E-state index in [4.69, 9.17) is 14.4 Å². The first-order valence-corrected chi connectivity index (χ1v) is 7.25. The fourth-order valence-electron chi connectivity index (χ4n) is 2.69. The summed E-state index contributed by atoms with van der Waals surface area (Å²) in [4.78, 5) is 0. The van der Waals surface area contributed by atoms with Gasteiger partial charge in [0.15, 0.2) is 5.60 Å². The molecule has 6 heteroatoms. The molecule has 1 rings (SSSR count). The van der Waals surface area contributed by atoms with Crippen LogP contribution in [0.15, 0.2) is 0 Å². The molecule has 0 spiro atoms. The fraction of sp³-hybridized carbons (Fsp3) is 1.00. The molecule has 0 aromatic carbocycles. The molecule has 1 fully saturated rings. The van der Waals surface area contributed by atoms with Crippen molar-refractivity contribution >= 4 is 14.3 Å². The first-order valence-electron chi connectivity index (χ1n) is 7.25. The number of hydrogen-bond acceptors (Lipinski definition) is 3. The maximum atomic E-state index is 8.16. The van der Waals surface area contributed by atoms with E-state index >= 15 is 0 Å². The van der Waals surface area contributed by atoms with E-state index < -0.39 is 5.60 Å².